The molecule has 0 radical (unpaired) electrons. The molecular weight excluding hydrogens is 352 g/mol. The summed E-state index contributed by atoms with van der Waals surface area (Å²) in [6, 6.07) is 9.71. The fraction of sp³-hybridized carbons (Fsp3) is 0.353. The summed E-state index contributed by atoms with van der Waals surface area (Å²) >= 11 is 1.27. The van der Waals surface area contributed by atoms with E-state index in [1.807, 2.05) is 12.1 Å². The molecule has 0 saturated carbocycles. The Labute approximate surface area is 155 Å². The summed E-state index contributed by atoms with van der Waals surface area (Å²) in [5.41, 5.74) is 2.09. The lowest BCUT2D eigenvalue weighted by atomic mass is 10.0. The van der Waals surface area contributed by atoms with Gasteiger partial charge in [0.25, 0.3) is 0 Å². The molecule has 0 unspecified atom stereocenters. The van der Waals surface area contributed by atoms with Gasteiger partial charge in [-0.15, -0.1) is 5.10 Å². The van der Waals surface area contributed by atoms with Crippen LogP contribution >= 0.6 is 11.8 Å². The maximum absolute atomic E-state index is 12.3. The topological polar surface area (TPSA) is 98.7 Å². The van der Waals surface area contributed by atoms with E-state index in [0.717, 1.165) is 5.69 Å². The molecule has 26 heavy (non-hydrogen) atoms. The zero-order valence-electron chi connectivity index (χ0n) is 15.0. The Balaban J connectivity index is 1.70. The second-order valence-electron chi connectivity index (χ2n) is 6.19. The SMILES string of the molecule is Cc1cc(NC(=O)[C@H](C)Sc2nnnn2-c2ccc(C(C)C)cc2)no1. The Morgan fingerprint density at radius 2 is 1.96 bits per heavy atom. The minimum absolute atomic E-state index is 0.201. The van der Waals surface area contributed by atoms with E-state index in [0.29, 0.717) is 22.7 Å². The Morgan fingerprint density at radius 1 is 1.23 bits per heavy atom. The maximum Gasteiger partial charge on any atom is 0.238 e. The zero-order chi connectivity index (χ0) is 18.7. The fourth-order valence-corrected chi connectivity index (χ4v) is 3.09. The fourth-order valence-electron chi connectivity index (χ4n) is 2.28. The van der Waals surface area contributed by atoms with Crippen molar-refractivity contribution in [1.29, 1.82) is 0 Å². The molecule has 3 aromatic rings. The number of tetrazole rings is 1. The van der Waals surface area contributed by atoms with Gasteiger partial charge in [0, 0.05) is 6.07 Å². The lowest BCUT2D eigenvalue weighted by Gasteiger charge is -2.11. The molecule has 0 saturated heterocycles. The highest BCUT2D eigenvalue weighted by Gasteiger charge is 2.20. The molecule has 0 bridgehead atoms. The highest BCUT2D eigenvalue weighted by Crippen LogP contribution is 2.24. The average Bonchev–Trinajstić information content (AvgIpc) is 3.23. The van der Waals surface area contributed by atoms with Gasteiger partial charge in [0.2, 0.25) is 11.1 Å². The molecule has 0 aliphatic carbocycles. The summed E-state index contributed by atoms with van der Waals surface area (Å²) in [6.45, 7) is 7.83. The third-order valence-corrected chi connectivity index (χ3v) is 4.81. The van der Waals surface area contributed by atoms with Gasteiger partial charge >= 0.3 is 0 Å². The molecule has 0 aliphatic rings. The van der Waals surface area contributed by atoms with Crippen molar-refractivity contribution in [3.05, 3.63) is 41.7 Å². The normalized spacial score (nSPS) is 12.3. The standard InChI is InChI=1S/C17H20N6O2S/c1-10(2)13-5-7-14(8-6-13)23-17(19-21-22-23)26-12(4)16(24)18-15-9-11(3)25-20-15/h5-10,12H,1-4H3,(H,18,20,24)/t12-/m0/s1. The van der Waals surface area contributed by atoms with E-state index in [4.69, 9.17) is 4.52 Å². The number of aryl methyl sites for hydroxylation is 1. The van der Waals surface area contributed by atoms with Crippen LogP contribution in [0, 0.1) is 6.92 Å². The van der Waals surface area contributed by atoms with E-state index in [1.165, 1.54) is 17.3 Å². The molecule has 0 aliphatic heterocycles. The quantitative estimate of drug-likeness (QED) is 0.663. The number of nitrogens with zero attached hydrogens (tertiary/aromatic N) is 5. The van der Waals surface area contributed by atoms with Gasteiger partial charge in [0.15, 0.2) is 5.82 Å². The Hall–Kier alpha value is -2.68. The predicted molar refractivity (Wildman–Crippen MR) is 98.4 cm³/mol. The second-order valence-corrected chi connectivity index (χ2v) is 7.50. The van der Waals surface area contributed by atoms with Gasteiger partial charge < -0.3 is 9.84 Å². The van der Waals surface area contributed by atoms with Crippen LogP contribution in [0.2, 0.25) is 0 Å². The smallest absolute Gasteiger partial charge is 0.238 e. The van der Waals surface area contributed by atoms with Crippen LogP contribution in [0.4, 0.5) is 5.82 Å². The number of hydrogen-bond acceptors (Lipinski definition) is 7. The zero-order valence-corrected chi connectivity index (χ0v) is 15.8. The number of rotatable bonds is 6. The van der Waals surface area contributed by atoms with Crippen LogP contribution in [-0.4, -0.2) is 36.5 Å². The molecule has 2 heterocycles. The number of benzene rings is 1. The summed E-state index contributed by atoms with van der Waals surface area (Å²) in [7, 11) is 0. The molecule has 3 rings (SSSR count). The highest BCUT2D eigenvalue weighted by molar-refractivity contribution is 8.00. The van der Waals surface area contributed by atoms with E-state index in [1.54, 1.807) is 24.6 Å². The molecule has 1 amide bonds. The van der Waals surface area contributed by atoms with Crippen LogP contribution in [0.15, 0.2) is 40.0 Å². The van der Waals surface area contributed by atoms with Crippen LogP contribution in [-0.2, 0) is 4.79 Å². The van der Waals surface area contributed by atoms with Crippen molar-refractivity contribution in [3.8, 4) is 5.69 Å². The van der Waals surface area contributed by atoms with E-state index in [9.17, 15) is 4.79 Å². The first-order chi connectivity index (χ1) is 12.4. The number of anilines is 1. The molecule has 8 nitrogen and oxygen atoms in total. The van der Waals surface area contributed by atoms with Crippen LogP contribution in [0.1, 0.15) is 38.0 Å². The lowest BCUT2D eigenvalue weighted by molar-refractivity contribution is -0.115. The first kappa shape index (κ1) is 18.1. The van der Waals surface area contributed by atoms with Gasteiger partial charge in [0.1, 0.15) is 5.76 Å². The van der Waals surface area contributed by atoms with E-state index >= 15 is 0 Å². The van der Waals surface area contributed by atoms with Gasteiger partial charge in [-0.1, -0.05) is 42.9 Å². The van der Waals surface area contributed by atoms with Gasteiger partial charge in [-0.05, 0) is 47.9 Å². The van der Waals surface area contributed by atoms with Crippen molar-refractivity contribution in [3.63, 3.8) is 0 Å². The van der Waals surface area contributed by atoms with Crippen molar-refractivity contribution in [2.24, 2.45) is 0 Å². The lowest BCUT2D eigenvalue weighted by Crippen LogP contribution is -2.23. The molecular formula is C17H20N6O2S. The summed E-state index contributed by atoms with van der Waals surface area (Å²) < 4.78 is 6.57. The molecule has 2 aromatic heterocycles. The van der Waals surface area contributed by atoms with Gasteiger partial charge in [-0.2, -0.15) is 4.68 Å². The summed E-state index contributed by atoms with van der Waals surface area (Å²) in [5.74, 6) is 1.28. The van der Waals surface area contributed by atoms with Gasteiger partial charge in [-0.3, -0.25) is 4.79 Å². The molecule has 1 atom stereocenters. The van der Waals surface area contributed by atoms with Crippen LogP contribution < -0.4 is 5.32 Å². The van der Waals surface area contributed by atoms with Crippen LogP contribution in [0.3, 0.4) is 0 Å². The summed E-state index contributed by atoms with van der Waals surface area (Å²) in [4.78, 5) is 12.3. The Kier molecular flexibility index (Phi) is 5.36. The predicted octanol–water partition coefficient (Wildman–Crippen LogP) is 3.20. The third-order valence-electron chi connectivity index (χ3n) is 3.78. The number of aromatic nitrogens is 5. The average molecular weight is 372 g/mol. The minimum atomic E-state index is -0.410. The molecule has 1 aromatic carbocycles. The Morgan fingerprint density at radius 3 is 2.58 bits per heavy atom. The number of carbonyl (C=O) groups is 1. The van der Waals surface area contributed by atoms with E-state index in [-0.39, 0.29) is 5.91 Å². The van der Waals surface area contributed by atoms with Crippen molar-refractivity contribution < 1.29 is 9.32 Å². The van der Waals surface area contributed by atoms with E-state index < -0.39 is 5.25 Å². The van der Waals surface area contributed by atoms with Crippen LogP contribution in [0.25, 0.3) is 5.69 Å². The number of hydrogen-bond donors (Lipinski definition) is 1. The maximum atomic E-state index is 12.3. The minimum Gasteiger partial charge on any atom is -0.360 e. The van der Waals surface area contributed by atoms with Crippen molar-refractivity contribution >= 4 is 23.5 Å². The first-order valence-corrected chi connectivity index (χ1v) is 9.11. The molecule has 0 fully saturated rings. The molecule has 1 N–H and O–H groups in total. The summed E-state index contributed by atoms with van der Waals surface area (Å²) in [5, 5.41) is 18.4. The number of carbonyl (C=O) groups excluding carboxylic acids is 1. The van der Waals surface area contributed by atoms with Crippen LogP contribution in [0.5, 0.6) is 0 Å². The Bertz CT molecular complexity index is 887. The van der Waals surface area contributed by atoms with Crippen molar-refractivity contribution in [1.82, 2.24) is 25.4 Å². The molecule has 0 spiro atoms. The highest BCUT2D eigenvalue weighted by atomic mass is 32.2. The largest absolute Gasteiger partial charge is 0.360 e. The monoisotopic (exact) mass is 372 g/mol. The number of amides is 1. The third kappa shape index (κ3) is 4.10. The molecule has 136 valence electrons. The number of thioether (sulfide) groups is 1. The second kappa shape index (κ2) is 7.69. The molecule has 9 heteroatoms. The van der Waals surface area contributed by atoms with Gasteiger partial charge in [-0.25, -0.2) is 0 Å². The first-order valence-electron chi connectivity index (χ1n) is 8.23. The van der Waals surface area contributed by atoms with Crippen molar-refractivity contribution in [2.75, 3.05) is 5.32 Å². The van der Waals surface area contributed by atoms with Crippen molar-refractivity contribution in [2.45, 2.75) is 44.0 Å². The van der Waals surface area contributed by atoms with E-state index in [2.05, 4.69) is 52.0 Å². The van der Waals surface area contributed by atoms with Gasteiger partial charge in [0.05, 0.1) is 10.9 Å². The number of nitrogens with one attached hydrogen (secondary N) is 1. The summed E-state index contributed by atoms with van der Waals surface area (Å²) in [6.07, 6.45) is 0.